The van der Waals surface area contributed by atoms with Crippen molar-refractivity contribution in [2.75, 3.05) is 32.7 Å². The Labute approximate surface area is 120 Å². The van der Waals surface area contributed by atoms with Gasteiger partial charge in [-0.1, -0.05) is 23.8 Å². The molecule has 1 aliphatic heterocycles. The van der Waals surface area contributed by atoms with Crippen LogP contribution in [0.5, 0.6) is 0 Å². The molecule has 4 nitrogen and oxygen atoms in total. The molecule has 0 aliphatic carbocycles. The number of hydrogen-bond acceptors (Lipinski definition) is 3. The van der Waals surface area contributed by atoms with E-state index in [-0.39, 0.29) is 5.91 Å². The van der Waals surface area contributed by atoms with Crippen molar-refractivity contribution in [3.63, 3.8) is 0 Å². The van der Waals surface area contributed by atoms with Crippen LogP contribution in [0.4, 0.5) is 0 Å². The van der Waals surface area contributed by atoms with Gasteiger partial charge in [-0.15, -0.1) is 0 Å². The van der Waals surface area contributed by atoms with Gasteiger partial charge < -0.3 is 4.90 Å². The van der Waals surface area contributed by atoms with E-state index in [2.05, 4.69) is 29.2 Å². The van der Waals surface area contributed by atoms with Crippen molar-refractivity contribution in [1.82, 2.24) is 9.80 Å². The van der Waals surface area contributed by atoms with Gasteiger partial charge in [-0.25, -0.2) is 0 Å². The fraction of sp³-hybridized carbons (Fsp3) is 0.500. The molecule has 2 rings (SSSR count). The van der Waals surface area contributed by atoms with E-state index in [0.717, 1.165) is 31.7 Å². The number of rotatable bonds is 3. The van der Waals surface area contributed by atoms with Crippen LogP contribution < -0.4 is 0 Å². The van der Waals surface area contributed by atoms with Crippen LogP contribution in [0.15, 0.2) is 18.2 Å². The monoisotopic (exact) mass is 271 g/mol. The van der Waals surface area contributed by atoms with Crippen LogP contribution in [-0.2, 0) is 11.2 Å². The first kappa shape index (κ1) is 14.5. The molecule has 106 valence electrons. The fourth-order valence-corrected chi connectivity index (χ4v) is 2.52. The highest BCUT2D eigenvalue weighted by Crippen LogP contribution is 2.13. The first-order chi connectivity index (χ1) is 9.60. The van der Waals surface area contributed by atoms with Gasteiger partial charge in [0.2, 0.25) is 5.91 Å². The zero-order chi connectivity index (χ0) is 14.5. The Morgan fingerprint density at radius 2 is 1.95 bits per heavy atom. The van der Waals surface area contributed by atoms with Gasteiger partial charge in [0.1, 0.15) is 0 Å². The third-order valence-corrected chi connectivity index (χ3v) is 3.87. The zero-order valence-corrected chi connectivity index (χ0v) is 12.2. The molecule has 0 saturated carbocycles. The molecule has 4 heteroatoms. The number of nitriles is 1. The number of carbonyl (C=O) groups excluding carboxylic acids is 1. The van der Waals surface area contributed by atoms with Gasteiger partial charge in [-0.2, -0.15) is 5.26 Å². The minimum absolute atomic E-state index is 0.190. The number of nitrogens with zero attached hydrogens (tertiary/aromatic N) is 3. The Morgan fingerprint density at radius 3 is 2.60 bits per heavy atom. The summed E-state index contributed by atoms with van der Waals surface area (Å²) in [6, 6.07) is 8.40. The topological polar surface area (TPSA) is 47.3 Å². The summed E-state index contributed by atoms with van der Waals surface area (Å²) >= 11 is 0. The van der Waals surface area contributed by atoms with Gasteiger partial charge in [-0.05, 0) is 25.0 Å². The van der Waals surface area contributed by atoms with Crippen molar-refractivity contribution >= 4 is 5.91 Å². The largest absolute Gasteiger partial charge is 0.340 e. The Hall–Kier alpha value is -1.86. The fourth-order valence-electron chi connectivity index (χ4n) is 2.52. The van der Waals surface area contributed by atoms with E-state index in [0.29, 0.717) is 13.0 Å². The predicted octanol–water partition coefficient (Wildman–Crippen LogP) is 1.51. The van der Waals surface area contributed by atoms with Gasteiger partial charge in [0.05, 0.1) is 19.0 Å². The highest BCUT2D eigenvalue weighted by molar-refractivity contribution is 5.79. The number of benzene rings is 1. The third kappa shape index (κ3) is 3.58. The van der Waals surface area contributed by atoms with Gasteiger partial charge in [0.15, 0.2) is 0 Å². The summed E-state index contributed by atoms with van der Waals surface area (Å²) in [5.74, 6) is 0.190. The van der Waals surface area contributed by atoms with E-state index in [1.807, 2.05) is 18.7 Å². The van der Waals surface area contributed by atoms with Gasteiger partial charge in [0, 0.05) is 26.2 Å². The third-order valence-electron chi connectivity index (χ3n) is 3.87. The second kappa shape index (κ2) is 6.53. The first-order valence-electron chi connectivity index (χ1n) is 7.03. The molecular weight excluding hydrogens is 250 g/mol. The van der Waals surface area contributed by atoms with E-state index in [4.69, 9.17) is 5.26 Å². The molecular formula is C16H21N3O. The molecule has 0 atom stereocenters. The average molecular weight is 271 g/mol. The highest BCUT2D eigenvalue weighted by Gasteiger charge is 2.21. The van der Waals surface area contributed by atoms with Crippen molar-refractivity contribution < 1.29 is 4.79 Å². The van der Waals surface area contributed by atoms with Gasteiger partial charge in [0.25, 0.3) is 0 Å². The molecule has 0 N–H and O–H groups in total. The maximum absolute atomic E-state index is 12.3. The van der Waals surface area contributed by atoms with Crippen LogP contribution in [0.25, 0.3) is 0 Å². The van der Waals surface area contributed by atoms with Crippen molar-refractivity contribution in [3.05, 3.63) is 34.9 Å². The van der Waals surface area contributed by atoms with Crippen LogP contribution in [-0.4, -0.2) is 48.4 Å². The number of carbonyl (C=O) groups is 1. The Kier molecular flexibility index (Phi) is 4.75. The van der Waals surface area contributed by atoms with Crippen LogP contribution in [0.2, 0.25) is 0 Å². The second-order valence-corrected chi connectivity index (χ2v) is 5.42. The molecule has 1 aromatic rings. The van der Waals surface area contributed by atoms with Gasteiger partial charge >= 0.3 is 0 Å². The van der Waals surface area contributed by atoms with Crippen LogP contribution in [0.1, 0.15) is 16.7 Å². The molecule has 1 saturated heterocycles. The van der Waals surface area contributed by atoms with E-state index in [9.17, 15) is 4.79 Å². The molecule has 1 aliphatic rings. The molecule has 0 spiro atoms. The van der Waals surface area contributed by atoms with Crippen molar-refractivity contribution in [3.8, 4) is 6.07 Å². The lowest BCUT2D eigenvalue weighted by atomic mass is 10.0. The lowest BCUT2D eigenvalue weighted by Gasteiger charge is -2.33. The Balaban J connectivity index is 1.93. The number of aryl methyl sites for hydroxylation is 2. The normalized spacial score (nSPS) is 15.9. The lowest BCUT2D eigenvalue weighted by molar-refractivity contribution is -0.132. The maximum atomic E-state index is 12.3. The van der Waals surface area contributed by atoms with E-state index in [1.54, 1.807) is 0 Å². The number of amides is 1. The molecule has 0 bridgehead atoms. The predicted molar refractivity (Wildman–Crippen MR) is 78.3 cm³/mol. The smallest absolute Gasteiger partial charge is 0.227 e. The second-order valence-electron chi connectivity index (χ2n) is 5.42. The standard InChI is InChI=1S/C16H21N3O/c1-13-3-4-14(2)15(11-13)12-16(20)19-9-7-18(6-5-17)8-10-19/h3-4,11H,6-10,12H2,1-2H3. The molecule has 0 aromatic heterocycles. The minimum atomic E-state index is 0.190. The summed E-state index contributed by atoms with van der Waals surface area (Å²) in [7, 11) is 0. The van der Waals surface area contributed by atoms with E-state index in [1.165, 1.54) is 11.1 Å². The lowest BCUT2D eigenvalue weighted by Crippen LogP contribution is -2.49. The van der Waals surface area contributed by atoms with Gasteiger partial charge in [-0.3, -0.25) is 9.69 Å². The van der Waals surface area contributed by atoms with Crippen LogP contribution >= 0.6 is 0 Å². The van der Waals surface area contributed by atoms with E-state index < -0.39 is 0 Å². The van der Waals surface area contributed by atoms with Crippen molar-refractivity contribution in [2.45, 2.75) is 20.3 Å². The summed E-state index contributed by atoms with van der Waals surface area (Å²) < 4.78 is 0. The average Bonchev–Trinajstić information content (AvgIpc) is 2.44. The summed E-state index contributed by atoms with van der Waals surface area (Å²) in [6.45, 7) is 7.61. The molecule has 1 aromatic carbocycles. The maximum Gasteiger partial charge on any atom is 0.227 e. The van der Waals surface area contributed by atoms with Crippen LogP contribution in [0.3, 0.4) is 0 Å². The molecule has 1 heterocycles. The molecule has 20 heavy (non-hydrogen) atoms. The Bertz CT molecular complexity index is 525. The summed E-state index contributed by atoms with van der Waals surface area (Å²) in [5, 5.41) is 8.67. The van der Waals surface area contributed by atoms with Crippen LogP contribution in [0, 0.1) is 25.2 Å². The summed E-state index contributed by atoms with van der Waals surface area (Å²) in [6.07, 6.45) is 0.478. The van der Waals surface area contributed by atoms with E-state index >= 15 is 0 Å². The van der Waals surface area contributed by atoms with Crippen molar-refractivity contribution in [2.24, 2.45) is 0 Å². The van der Waals surface area contributed by atoms with Crippen molar-refractivity contribution in [1.29, 1.82) is 5.26 Å². The quantitative estimate of drug-likeness (QED) is 0.783. The molecule has 1 fully saturated rings. The summed E-state index contributed by atoms with van der Waals surface area (Å²) in [4.78, 5) is 16.3. The summed E-state index contributed by atoms with van der Waals surface area (Å²) in [5.41, 5.74) is 3.48. The SMILES string of the molecule is Cc1ccc(C)c(CC(=O)N2CCN(CC#N)CC2)c1. The highest BCUT2D eigenvalue weighted by atomic mass is 16.2. The number of piperazine rings is 1. The number of hydrogen-bond donors (Lipinski definition) is 0. The Morgan fingerprint density at radius 1 is 1.25 bits per heavy atom. The first-order valence-corrected chi connectivity index (χ1v) is 7.03. The molecule has 0 radical (unpaired) electrons. The molecule has 1 amide bonds. The molecule has 0 unspecified atom stereocenters. The zero-order valence-electron chi connectivity index (χ0n) is 12.2. The minimum Gasteiger partial charge on any atom is -0.340 e.